The molecule has 1 aromatic rings. The molecule has 0 N–H and O–H groups in total. The molecule has 5 nitrogen and oxygen atoms in total. The number of rotatable bonds is 8. The lowest BCUT2D eigenvalue weighted by Crippen LogP contribution is -2.13. The Balaban J connectivity index is 1.74. The largest absolute Gasteiger partial charge is 0.469 e. The Morgan fingerprint density at radius 1 is 1.48 bits per heavy atom. The summed E-state index contributed by atoms with van der Waals surface area (Å²) in [4.78, 5) is 23.0. The molecule has 0 spiro atoms. The highest BCUT2D eigenvalue weighted by molar-refractivity contribution is 6.28. The van der Waals surface area contributed by atoms with Gasteiger partial charge in [0.05, 0.1) is 12.8 Å². The van der Waals surface area contributed by atoms with Gasteiger partial charge in [-0.2, -0.15) is 0 Å². The third-order valence-electron chi connectivity index (χ3n) is 4.28. The van der Waals surface area contributed by atoms with E-state index in [1.807, 2.05) is 6.08 Å². The summed E-state index contributed by atoms with van der Waals surface area (Å²) in [7, 11) is 1.39. The number of hydrogen-bond acceptors (Lipinski definition) is 5. The Labute approximate surface area is 141 Å². The fourth-order valence-corrected chi connectivity index (χ4v) is 3.21. The molecular weight excluding hydrogens is 318 g/mol. The first-order valence-electron chi connectivity index (χ1n) is 7.98. The van der Waals surface area contributed by atoms with Gasteiger partial charge < -0.3 is 9.26 Å². The van der Waals surface area contributed by atoms with Gasteiger partial charge in [0.1, 0.15) is 5.78 Å². The van der Waals surface area contributed by atoms with E-state index in [9.17, 15) is 9.59 Å². The van der Waals surface area contributed by atoms with E-state index >= 15 is 0 Å². The summed E-state index contributed by atoms with van der Waals surface area (Å²) in [6, 6.07) is 1.71. The summed E-state index contributed by atoms with van der Waals surface area (Å²) < 4.78 is 9.49. The Hall–Kier alpha value is -1.62. The lowest BCUT2D eigenvalue weighted by atomic mass is 9.88. The molecule has 1 aliphatic rings. The predicted molar refractivity (Wildman–Crippen MR) is 86.2 cm³/mol. The second-order valence-electron chi connectivity index (χ2n) is 5.79. The van der Waals surface area contributed by atoms with Crippen LogP contribution in [0.5, 0.6) is 0 Å². The van der Waals surface area contributed by atoms with E-state index in [0.29, 0.717) is 25.0 Å². The number of aromatic nitrogens is 1. The number of allylic oxidation sites excluding steroid dienone is 2. The number of halogens is 1. The SMILES string of the molecule is COC(=O)CC/C=C/CCC[C@H]1C(=O)CC[C@@H]1c1cc(Cl)on1. The smallest absolute Gasteiger partial charge is 0.305 e. The monoisotopic (exact) mass is 339 g/mol. The molecule has 2 rings (SSSR count). The summed E-state index contributed by atoms with van der Waals surface area (Å²) in [6.07, 6.45) is 9.25. The van der Waals surface area contributed by atoms with Crippen LogP contribution in [0.15, 0.2) is 22.7 Å². The number of methoxy groups -OCH3 is 1. The number of ketones is 1. The summed E-state index contributed by atoms with van der Waals surface area (Å²) >= 11 is 5.77. The summed E-state index contributed by atoms with van der Waals surface area (Å²) in [5.41, 5.74) is 0.791. The highest BCUT2D eigenvalue weighted by atomic mass is 35.5. The Morgan fingerprint density at radius 3 is 2.96 bits per heavy atom. The minimum atomic E-state index is -0.194. The van der Waals surface area contributed by atoms with Gasteiger partial charge in [-0.1, -0.05) is 17.3 Å². The van der Waals surface area contributed by atoms with Crippen LogP contribution in [-0.2, 0) is 14.3 Å². The number of unbranched alkanes of at least 4 members (excludes halogenated alkanes) is 1. The third-order valence-corrected chi connectivity index (χ3v) is 4.45. The van der Waals surface area contributed by atoms with Crippen LogP contribution in [0, 0.1) is 5.92 Å². The number of nitrogens with zero attached hydrogens (tertiary/aromatic N) is 1. The van der Waals surface area contributed by atoms with Crippen LogP contribution in [0.25, 0.3) is 0 Å². The number of hydrogen-bond donors (Lipinski definition) is 0. The lowest BCUT2D eigenvalue weighted by molar-refractivity contribution is -0.140. The normalized spacial score (nSPS) is 21.2. The molecule has 1 heterocycles. The molecule has 0 radical (unpaired) electrons. The van der Waals surface area contributed by atoms with E-state index in [4.69, 9.17) is 16.1 Å². The van der Waals surface area contributed by atoms with E-state index in [2.05, 4.69) is 16.0 Å². The molecule has 1 aromatic heterocycles. The minimum Gasteiger partial charge on any atom is -0.469 e. The molecule has 1 aliphatic carbocycles. The number of ether oxygens (including phenoxy) is 1. The van der Waals surface area contributed by atoms with Crippen LogP contribution in [0.1, 0.15) is 56.6 Å². The second kappa shape index (κ2) is 8.87. The number of carbonyl (C=O) groups excluding carboxylic acids is 2. The molecule has 0 saturated heterocycles. The van der Waals surface area contributed by atoms with E-state index in [0.717, 1.165) is 31.4 Å². The first-order valence-corrected chi connectivity index (χ1v) is 8.36. The molecule has 126 valence electrons. The van der Waals surface area contributed by atoms with Crippen molar-refractivity contribution in [1.29, 1.82) is 0 Å². The minimum absolute atomic E-state index is 0.0136. The van der Waals surface area contributed by atoms with Gasteiger partial charge in [0, 0.05) is 30.7 Å². The molecule has 0 aliphatic heterocycles. The molecule has 0 bridgehead atoms. The Kier molecular flexibility index (Phi) is 6.84. The zero-order valence-electron chi connectivity index (χ0n) is 13.3. The maximum atomic E-state index is 12.1. The summed E-state index contributed by atoms with van der Waals surface area (Å²) in [6.45, 7) is 0. The van der Waals surface area contributed by atoms with E-state index in [-0.39, 0.29) is 23.0 Å². The summed E-state index contributed by atoms with van der Waals surface area (Å²) in [5.74, 6) is 0.255. The van der Waals surface area contributed by atoms with E-state index < -0.39 is 0 Å². The summed E-state index contributed by atoms with van der Waals surface area (Å²) in [5, 5.41) is 4.23. The standard InChI is InChI=1S/C17H22ClNO4/c1-22-17(21)8-6-4-2-3-5-7-13-12(9-10-15(13)20)14-11-16(18)23-19-14/h2,4,11-13H,3,5-10H2,1H3/b4-2+/t12-,13+/m0/s1. The van der Waals surface area contributed by atoms with Gasteiger partial charge in [0.2, 0.25) is 5.22 Å². The van der Waals surface area contributed by atoms with Crippen molar-refractivity contribution < 1.29 is 18.8 Å². The molecule has 23 heavy (non-hydrogen) atoms. The van der Waals surface area contributed by atoms with Crippen molar-refractivity contribution in [3.63, 3.8) is 0 Å². The first kappa shape index (κ1) is 17.7. The highest BCUT2D eigenvalue weighted by Crippen LogP contribution is 2.40. The van der Waals surface area contributed by atoms with Crippen LogP contribution in [0.2, 0.25) is 5.22 Å². The topological polar surface area (TPSA) is 69.4 Å². The molecule has 6 heteroatoms. The first-order chi connectivity index (χ1) is 11.1. The van der Waals surface area contributed by atoms with Gasteiger partial charge >= 0.3 is 5.97 Å². The van der Waals surface area contributed by atoms with Crippen molar-refractivity contribution in [1.82, 2.24) is 5.16 Å². The van der Waals surface area contributed by atoms with E-state index in [1.54, 1.807) is 6.07 Å². The van der Waals surface area contributed by atoms with Crippen molar-refractivity contribution in [3.05, 3.63) is 29.1 Å². The number of esters is 1. The molecule has 0 aromatic carbocycles. The maximum Gasteiger partial charge on any atom is 0.305 e. The zero-order valence-corrected chi connectivity index (χ0v) is 14.1. The Morgan fingerprint density at radius 2 is 2.26 bits per heavy atom. The zero-order chi connectivity index (χ0) is 16.7. The third kappa shape index (κ3) is 5.20. The van der Waals surface area contributed by atoms with Gasteiger partial charge in [0.25, 0.3) is 0 Å². The van der Waals surface area contributed by atoms with Crippen molar-refractivity contribution >= 4 is 23.4 Å². The molecule has 2 atom stereocenters. The molecule has 1 saturated carbocycles. The van der Waals surface area contributed by atoms with Crippen molar-refractivity contribution in [2.75, 3.05) is 7.11 Å². The van der Waals surface area contributed by atoms with Crippen LogP contribution in [0.4, 0.5) is 0 Å². The average molecular weight is 340 g/mol. The van der Waals surface area contributed by atoms with Crippen molar-refractivity contribution in [3.8, 4) is 0 Å². The highest BCUT2D eigenvalue weighted by Gasteiger charge is 2.36. The fraction of sp³-hybridized carbons (Fsp3) is 0.588. The van der Waals surface area contributed by atoms with E-state index in [1.165, 1.54) is 7.11 Å². The van der Waals surface area contributed by atoms with Crippen molar-refractivity contribution in [2.24, 2.45) is 5.92 Å². The Bertz CT molecular complexity index is 567. The second-order valence-corrected chi connectivity index (χ2v) is 6.16. The van der Waals surface area contributed by atoms with Crippen LogP contribution in [0.3, 0.4) is 0 Å². The van der Waals surface area contributed by atoms with Gasteiger partial charge in [-0.05, 0) is 43.7 Å². The molecular formula is C17H22ClNO4. The molecule has 0 unspecified atom stereocenters. The lowest BCUT2D eigenvalue weighted by Gasteiger charge is -2.15. The molecule has 0 amide bonds. The van der Waals surface area contributed by atoms with Crippen LogP contribution >= 0.6 is 11.6 Å². The van der Waals surface area contributed by atoms with Gasteiger partial charge in [-0.25, -0.2) is 0 Å². The van der Waals surface area contributed by atoms with Crippen LogP contribution in [-0.4, -0.2) is 24.0 Å². The van der Waals surface area contributed by atoms with Crippen LogP contribution < -0.4 is 0 Å². The fourth-order valence-electron chi connectivity index (χ4n) is 3.06. The van der Waals surface area contributed by atoms with Gasteiger partial charge in [-0.15, -0.1) is 0 Å². The quantitative estimate of drug-likeness (QED) is 0.405. The van der Waals surface area contributed by atoms with Gasteiger partial charge in [0.15, 0.2) is 0 Å². The maximum absolute atomic E-state index is 12.1. The van der Waals surface area contributed by atoms with Crippen molar-refractivity contribution in [2.45, 2.75) is 50.9 Å². The molecule has 1 fully saturated rings. The number of Topliss-reactive ketones (excluding diaryl/α,β-unsaturated/α-hetero) is 1. The number of carbonyl (C=O) groups is 2. The van der Waals surface area contributed by atoms with Gasteiger partial charge in [-0.3, -0.25) is 9.59 Å². The predicted octanol–water partition coefficient (Wildman–Crippen LogP) is 4.07. The average Bonchev–Trinajstić information content (AvgIpc) is 3.12.